The van der Waals surface area contributed by atoms with E-state index in [4.69, 9.17) is 9.47 Å². The number of carbonyl (C=O) groups is 1. The van der Waals surface area contributed by atoms with Crippen molar-refractivity contribution in [2.75, 3.05) is 6.61 Å². The van der Waals surface area contributed by atoms with Crippen LogP contribution in [-0.4, -0.2) is 12.9 Å². The summed E-state index contributed by atoms with van der Waals surface area (Å²) < 4.78 is 11.3. The minimum Gasteiger partial charge on any atom is -0.486 e. The van der Waals surface area contributed by atoms with Crippen LogP contribution >= 0.6 is 0 Å². The van der Waals surface area contributed by atoms with E-state index >= 15 is 0 Å². The first kappa shape index (κ1) is 13.9. The number of hydrogen-bond donors (Lipinski definition) is 0. The van der Waals surface area contributed by atoms with Crippen LogP contribution in [0.2, 0.25) is 0 Å². The highest BCUT2D eigenvalue weighted by Crippen LogP contribution is 2.28. The van der Waals surface area contributed by atoms with Crippen molar-refractivity contribution in [1.29, 1.82) is 0 Å². The molecule has 0 spiro atoms. The molecule has 20 heavy (non-hydrogen) atoms. The van der Waals surface area contributed by atoms with E-state index in [1.54, 1.807) is 24.3 Å². The van der Waals surface area contributed by atoms with Crippen molar-refractivity contribution in [3.05, 3.63) is 72.3 Å². The van der Waals surface area contributed by atoms with Gasteiger partial charge in [0.1, 0.15) is 19.5 Å². The lowest BCUT2D eigenvalue weighted by Gasteiger charge is -2.12. The predicted octanol–water partition coefficient (Wildman–Crippen LogP) is 3.64. The predicted molar refractivity (Wildman–Crippen MR) is 78.3 cm³/mol. The van der Waals surface area contributed by atoms with Crippen LogP contribution in [-0.2, 0) is 6.61 Å². The highest BCUT2D eigenvalue weighted by Gasteiger charge is 2.06. The molecule has 0 heterocycles. The Balaban J connectivity index is 2.12. The Morgan fingerprint density at radius 2 is 1.80 bits per heavy atom. The molecule has 2 rings (SSSR count). The average molecular weight is 268 g/mol. The minimum absolute atomic E-state index is 0.365. The van der Waals surface area contributed by atoms with Crippen LogP contribution in [0.15, 0.2) is 61.2 Å². The van der Waals surface area contributed by atoms with Gasteiger partial charge in [0.05, 0.1) is 0 Å². The van der Waals surface area contributed by atoms with E-state index in [9.17, 15) is 4.79 Å². The van der Waals surface area contributed by atoms with E-state index in [1.165, 1.54) is 0 Å². The molecule has 0 amide bonds. The Morgan fingerprint density at radius 1 is 1.00 bits per heavy atom. The summed E-state index contributed by atoms with van der Waals surface area (Å²) in [5.41, 5.74) is 1.62. The van der Waals surface area contributed by atoms with Crippen molar-refractivity contribution in [1.82, 2.24) is 0 Å². The molecule has 0 atom stereocenters. The van der Waals surface area contributed by atoms with Crippen LogP contribution < -0.4 is 9.47 Å². The summed E-state index contributed by atoms with van der Waals surface area (Å²) in [6.07, 6.45) is 2.43. The summed E-state index contributed by atoms with van der Waals surface area (Å²) in [5, 5.41) is 0. The zero-order valence-electron chi connectivity index (χ0n) is 11.1. The Kier molecular flexibility index (Phi) is 4.95. The van der Waals surface area contributed by atoms with Crippen LogP contribution in [0.25, 0.3) is 0 Å². The maximum Gasteiger partial charge on any atom is 0.162 e. The third kappa shape index (κ3) is 3.72. The topological polar surface area (TPSA) is 35.5 Å². The molecule has 2 aromatic carbocycles. The molecule has 2 aromatic rings. The molecule has 0 saturated heterocycles. The number of hydrogen-bond acceptors (Lipinski definition) is 3. The van der Waals surface area contributed by atoms with Gasteiger partial charge in [0.15, 0.2) is 11.5 Å². The molecule has 0 fully saturated rings. The van der Waals surface area contributed by atoms with Gasteiger partial charge in [0.25, 0.3) is 0 Å². The van der Waals surface area contributed by atoms with E-state index in [1.807, 2.05) is 30.3 Å². The zero-order valence-corrected chi connectivity index (χ0v) is 11.1. The maximum absolute atomic E-state index is 10.8. The van der Waals surface area contributed by atoms with Gasteiger partial charge in [0, 0.05) is 5.56 Å². The largest absolute Gasteiger partial charge is 0.486 e. The van der Waals surface area contributed by atoms with Crippen molar-refractivity contribution < 1.29 is 14.3 Å². The number of rotatable bonds is 7. The SMILES string of the molecule is C=CCOc1cc(C=O)ccc1OCc1ccccc1. The van der Waals surface area contributed by atoms with Gasteiger partial charge >= 0.3 is 0 Å². The molecule has 0 saturated carbocycles. The van der Waals surface area contributed by atoms with Gasteiger partial charge < -0.3 is 9.47 Å². The van der Waals surface area contributed by atoms with E-state index in [0.717, 1.165) is 11.8 Å². The molecule has 0 radical (unpaired) electrons. The van der Waals surface area contributed by atoms with Crippen molar-refractivity contribution in [3.63, 3.8) is 0 Å². The molecule has 102 valence electrons. The average Bonchev–Trinajstić information content (AvgIpc) is 2.52. The third-order valence-electron chi connectivity index (χ3n) is 2.70. The molecular weight excluding hydrogens is 252 g/mol. The summed E-state index contributed by atoms with van der Waals surface area (Å²) in [5.74, 6) is 1.16. The van der Waals surface area contributed by atoms with Crippen molar-refractivity contribution in [3.8, 4) is 11.5 Å². The summed E-state index contributed by atoms with van der Waals surface area (Å²) >= 11 is 0. The number of aldehydes is 1. The molecule has 0 aliphatic carbocycles. The van der Waals surface area contributed by atoms with Gasteiger partial charge in [-0.1, -0.05) is 43.0 Å². The quantitative estimate of drug-likeness (QED) is 0.568. The third-order valence-corrected chi connectivity index (χ3v) is 2.70. The lowest BCUT2D eigenvalue weighted by molar-refractivity contribution is 0.112. The number of carbonyl (C=O) groups excluding carboxylic acids is 1. The molecule has 0 aliphatic rings. The van der Waals surface area contributed by atoms with E-state index in [-0.39, 0.29) is 0 Å². The van der Waals surface area contributed by atoms with Gasteiger partial charge in [0.2, 0.25) is 0 Å². The maximum atomic E-state index is 10.8. The molecular formula is C17H16O3. The van der Waals surface area contributed by atoms with Crippen molar-refractivity contribution in [2.24, 2.45) is 0 Å². The number of ether oxygens (including phenoxy) is 2. The standard InChI is InChI=1S/C17H16O3/c1-2-10-19-17-11-15(12-18)8-9-16(17)20-13-14-6-4-3-5-7-14/h2-9,11-12H,1,10,13H2. The fourth-order valence-electron chi connectivity index (χ4n) is 1.71. The van der Waals surface area contributed by atoms with Gasteiger partial charge in [-0.15, -0.1) is 0 Å². The summed E-state index contributed by atoms with van der Waals surface area (Å²) in [6, 6.07) is 15.0. The van der Waals surface area contributed by atoms with Crippen LogP contribution in [0.5, 0.6) is 11.5 Å². The van der Waals surface area contributed by atoms with Gasteiger partial charge in [-0.05, 0) is 23.8 Å². The molecule has 3 heteroatoms. The molecule has 0 aromatic heterocycles. The second-order valence-electron chi connectivity index (χ2n) is 4.20. The first-order valence-corrected chi connectivity index (χ1v) is 6.33. The summed E-state index contributed by atoms with van der Waals surface area (Å²) in [6.45, 7) is 4.42. The monoisotopic (exact) mass is 268 g/mol. The lowest BCUT2D eigenvalue weighted by Crippen LogP contribution is -2.00. The second-order valence-corrected chi connectivity index (χ2v) is 4.20. The van der Waals surface area contributed by atoms with Gasteiger partial charge in [-0.2, -0.15) is 0 Å². The molecule has 0 unspecified atom stereocenters. The van der Waals surface area contributed by atoms with E-state index < -0.39 is 0 Å². The Bertz CT molecular complexity index is 576. The highest BCUT2D eigenvalue weighted by molar-refractivity contribution is 5.76. The molecule has 0 bridgehead atoms. The van der Waals surface area contributed by atoms with Gasteiger partial charge in [-0.25, -0.2) is 0 Å². The van der Waals surface area contributed by atoms with Crippen molar-refractivity contribution >= 4 is 6.29 Å². The van der Waals surface area contributed by atoms with Crippen molar-refractivity contribution in [2.45, 2.75) is 6.61 Å². The van der Waals surface area contributed by atoms with Crippen LogP contribution in [0.4, 0.5) is 0 Å². The summed E-state index contributed by atoms with van der Waals surface area (Å²) in [7, 11) is 0. The fourth-order valence-corrected chi connectivity index (χ4v) is 1.71. The highest BCUT2D eigenvalue weighted by atomic mass is 16.5. The Morgan fingerprint density at radius 3 is 2.50 bits per heavy atom. The molecule has 3 nitrogen and oxygen atoms in total. The number of benzene rings is 2. The second kappa shape index (κ2) is 7.14. The normalized spacial score (nSPS) is 9.80. The first-order valence-electron chi connectivity index (χ1n) is 6.33. The van der Waals surface area contributed by atoms with Gasteiger partial charge in [-0.3, -0.25) is 4.79 Å². The summed E-state index contributed by atoms with van der Waals surface area (Å²) in [4.78, 5) is 10.8. The zero-order chi connectivity index (χ0) is 14.2. The van der Waals surface area contributed by atoms with E-state index in [0.29, 0.717) is 30.3 Å². The Hall–Kier alpha value is -2.55. The first-order chi connectivity index (χ1) is 9.83. The fraction of sp³-hybridized carbons (Fsp3) is 0.118. The molecule has 0 N–H and O–H groups in total. The van der Waals surface area contributed by atoms with E-state index in [2.05, 4.69) is 6.58 Å². The van der Waals surface area contributed by atoms with Crippen LogP contribution in [0, 0.1) is 0 Å². The van der Waals surface area contributed by atoms with Crippen LogP contribution in [0.3, 0.4) is 0 Å². The van der Waals surface area contributed by atoms with Crippen LogP contribution in [0.1, 0.15) is 15.9 Å². The Labute approximate surface area is 118 Å². The molecule has 0 aliphatic heterocycles. The smallest absolute Gasteiger partial charge is 0.162 e. The lowest BCUT2D eigenvalue weighted by atomic mass is 10.2. The minimum atomic E-state index is 0.365.